The van der Waals surface area contributed by atoms with E-state index >= 15 is 0 Å². The molecule has 4 nitrogen and oxygen atoms in total. The zero-order valence-corrected chi connectivity index (χ0v) is 13.7. The van der Waals surface area contributed by atoms with Gasteiger partial charge in [0.1, 0.15) is 0 Å². The Morgan fingerprint density at radius 2 is 1.60 bits per heavy atom. The molecule has 0 heterocycles. The topological polar surface area (TPSA) is 63.4 Å². The lowest BCUT2D eigenvalue weighted by Gasteiger charge is -2.25. The van der Waals surface area contributed by atoms with E-state index in [-0.39, 0.29) is 11.8 Å². The molecule has 1 unspecified atom stereocenters. The van der Waals surface area contributed by atoms with Crippen LogP contribution in [0.4, 0.5) is 0 Å². The Hall–Kier alpha value is -0.910. The van der Waals surface area contributed by atoms with Crippen molar-refractivity contribution in [1.29, 1.82) is 0 Å². The van der Waals surface area contributed by atoms with Gasteiger partial charge in [0.05, 0.1) is 5.75 Å². The van der Waals surface area contributed by atoms with Gasteiger partial charge in [0.2, 0.25) is 10.0 Å². The molecular formula is C15H26N2O2S. The summed E-state index contributed by atoms with van der Waals surface area (Å²) >= 11 is 0. The van der Waals surface area contributed by atoms with Crippen LogP contribution in [0.1, 0.15) is 38.3 Å². The van der Waals surface area contributed by atoms with Gasteiger partial charge < -0.3 is 5.73 Å². The van der Waals surface area contributed by atoms with E-state index in [1.807, 2.05) is 31.2 Å². The van der Waals surface area contributed by atoms with Crippen molar-refractivity contribution in [2.45, 2.75) is 45.5 Å². The summed E-state index contributed by atoms with van der Waals surface area (Å²) in [5.74, 6) is 0.517. The molecule has 5 heteroatoms. The number of benzene rings is 1. The van der Waals surface area contributed by atoms with Gasteiger partial charge >= 0.3 is 0 Å². The molecule has 0 radical (unpaired) electrons. The largest absolute Gasteiger partial charge is 0.326 e. The molecule has 2 N–H and O–H groups in total. The first-order chi connectivity index (χ1) is 9.26. The molecule has 0 aliphatic heterocycles. The summed E-state index contributed by atoms with van der Waals surface area (Å²) in [7, 11) is -1.61. The molecule has 0 amide bonds. The van der Waals surface area contributed by atoms with E-state index in [1.54, 1.807) is 7.05 Å². The van der Waals surface area contributed by atoms with Crippen LogP contribution >= 0.6 is 0 Å². The summed E-state index contributed by atoms with van der Waals surface area (Å²) in [6.07, 6.45) is 0.863. The second kappa shape index (κ2) is 7.20. The van der Waals surface area contributed by atoms with Crippen molar-refractivity contribution in [1.82, 2.24) is 4.31 Å². The summed E-state index contributed by atoms with van der Waals surface area (Å²) in [6, 6.07) is 7.44. The molecular weight excluding hydrogens is 272 g/mol. The first-order valence-corrected chi connectivity index (χ1v) is 8.60. The molecule has 0 aliphatic rings. The summed E-state index contributed by atoms with van der Waals surface area (Å²) in [5, 5.41) is 0. The van der Waals surface area contributed by atoms with Gasteiger partial charge in [-0.15, -0.1) is 0 Å². The highest BCUT2D eigenvalue weighted by Gasteiger charge is 2.23. The number of rotatable bonds is 7. The van der Waals surface area contributed by atoms with E-state index in [0.717, 1.165) is 17.5 Å². The van der Waals surface area contributed by atoms with Gasteiger partial charge in [-0.2, -0.15) is 0 Å². The minimum atomic E-state index is -3.28. The fraction of sp³-hybridized carbons (Fsp3) is 0.600. The Bertz CT molecular complexity index is 509. The Labute approximate surface area is 123 Å². The van der Waals surface area contributed by atoms with Crippen molar-refractivity contribution in [3.8, 4) is 0 Å². The number of nitrogens with two attached hydrogens (primary N) is 1. The van der Waals surface area contributed by atoms with Crippen LogP contribution < -0.4 is 5.73 Å². The number of sulfonamides is 1. The van der Waals surface area contributed by atoms with Crippen LogP contribution in [0.5, 0.6) is 0 Å². The smallest absolute Gasteiger partial charge is 0.218 e. The Morgan fingerprint density at radius 1 is 1.10 bits per heavy atom. The molecule has 0 aromatic heterocycles. The van der Waals surface area contributed by atoms with E-state index in [1.165, 1.54) is 4.31 Å². The minimum absolute atomic E-state index is 0.0170. The monoisotopic (exact) mass is 298 g/mol. The summed E-state index contributed by atoms with van der Waals surface area (Å²) in [6.45, 7) is 6.62. The van der Waals surface area contributed by atoms with Crippen LogP contribution in [0.25, 0.3) is 0 Å². The van der Waals surface area contributed by atoms with E-state index in [2.05, 4.69) is 13.8 Å². The highest BCUT2D eigenvalue weighted by molar-refractivity contribution is 7.88. The second-order valence-electron chi connectivity index (χ2n) is 5.77. The fourth-order valence-electron chi connectivity index (χ4n) is 2.19. The number of hydrogen-bond acceptors (Lipinski definition) is 3. The van der Waals surface area contributed by atoms with Crippen LogP contribution in [-0.4, -0.2) is 25.8 Å². The fourth-order valence-corrected chi connectivity index (χ4v) is 3.64. The summed E-state index contributed by atoms with van der Waals surface area (Å²) < 4.78 is 26.2. The van der Waals surface area contributed by atoms with Crippen LogP contribution in [0.3, 0.4) is 0 Å². The zero-order chi connectivity index (χ0) is 15.3. The third-order valence-electron chi connectivity index (χ3n) is 3.48. The van der Waals surface area contributed by atoms with Gasteiger partial charge in [0, 0.05) is 19.6 Å². The maximum absolute atomic E-state index is 12.4. The molecule has 114 valence electrons. The van der Waals surface area contributed by atoms with Crippen LogP contribution in [-0.2, 0) is 22.3 Å². The number of hydrogen-bond donors (Lipinski definition) is 1. The molecule has 20 heavy (non-hydrogen) atoms. The summed E-state index contributed by atoms with van der Waals surface area (Å²) in [5.41, 5.74) is 7.34. The SMILES string of the molecule is CC(C)CC(C)N(C)S(=O)(=O)Cc1ccc(CN)cc1. The predicted octanol–water partition coefficient (Wildman–Crippen LogP) is 2.34. The van der Waals surface area contributed by atoms with Gasteiger partial charge in [-0.05, 0) is 30.4 Å². The minimum Gasteiger partial charge on any atom is -0.326 e. The maximum atomic E-state index is 12.4. The van der Waals surface area contributed by atoms with Crippen LogP contribution in [0.2, 0.25) is 0 Å². The Morgan fingerprint density at radius 3 is 2.05 bits per heavy atom. The van der Waals surface area contributed by atoms with Gasteiger partial charge in [-0.1, -0.05) is 38.1 Å². The molecule has 0 saturated carbocycles. The third-order valence-corrected chi connectivity index (χ3v) is 5.42. The second-order valence-corrected chi connectivity index (χ2v) is 7.80. The molecule has 0 saturated heterocycles. The average molecular weight is 298 g/mol. The van der Waals surface area contributed by atoms with Crippen LogP contribution in [0, 0.1) is 5.92 Å². The van der Waals surface area contributed by atoms with Crippen molar-refractivity contribution in [2.24, 2.45) is 11.7 Å². The van der Waals surface area contributed by atoms with Gasteiger partial charge in [-0.25, -0.2) is 12.7 Å². The zero-order valence-electron chi connectivity index (χ0n) is 12.8. The van der Waals surface area contributed by atoms with Crippen LogP contribution in [0.15, 0.2) is 24.3 Å². The standard InChI is InChI=1S/C15H26N2O2S/c1-12(2)9-13(3)17(4)20(18,19)11-15-7-5-14(10-16)6-8-15/h5-8,12-13H,9-11,16H2,1-4H3. The third kappa shape index (κ3) is 4.89. The molecule has 0 spiro atoms. The van der Waals surface area contributed by atoms with E-state index in [9.17, 15) is 8.42 Å². The maximum Gasteiger partial charge on any atom is 0.218 e. The molecule has 1 atom stereocenters. The summed E-state index contributed by atoms with van der Waals surface area (Å²) in [4.78, 5) is 0. The van der Waals surface area contributed by atoms with Crippen molar-refractivity contribution in [3.05, 3.63) is 35.4 Å². The lowest BCUT2D eigenvalue weighted by molar-refractivity contribution is 0.337. The van der Waals surface area contributed by atoms with Crippen molar-refractivity contribution in [2.75, 3.05) is 7.05 Å². The van der Waals surface area contributed by atoms with Crippen molar-refractivity contribution >= 4 is 10.0 Å². The van der Waals surface area contributed by atoms with Gasteiger partial charge in [-0.3, -0.25) is 0 Å². The van der Waals surface area contributed by atoms with Crippen molar-refractivity contribution in [3.63, 3.8) is 0 Å². The highest BCUT2D eigenvalue weighted by Crippen LogP contribution is 2.17. The normalized spacial score (nSPS) is 13.9. The molecule has 0 aliphatic carbocycles. The van der Waals surface area contributed by atoms with Gasteiger partial charge in [0.15, 0.2) is 0 Å². The molecule has 1 aromatic carbocycles. The first-order valence-electron chi connectivity index (χ1n) is 7.00. The lowest BCUT2D eigenvalue weighted by atomic mass is 10.1. The van der Waals surface area contributed by atoms with Crippen molar-refractivity contribution < 1.29 is 8.42 Å². The quantitative estimate of drug-likeness (QED) is 0.840. The Kier molecular flexibility index (Phi) is 6.17. The highest BCUT2D eigenvalue weighted by atomic mass is 32.2. The molecule has 0 bridgehead atoms. The molecule has 0 fully saturated rings. The first kappa shape index (κ1) is 17.1. The lowest BCUT2D eigenvalue weighted by Crippen LogP contribution is -2.36. The predicted molar refractivity (Wildman–Crippen MR) is 83.6 cm³/mol. The number of nitrogens with zero attached hydrogens (tertiary/aromatic N) is 1. The van der Waals surface area contributed by atoms with E-state index in [4.69, 9.17) is 5.73 Å². The van der Waals surface area contributed by atoms with E-state index in [0.29, 0.717) is 12.5 Å². The Balaban J connectivity index is 2.77. The molecule has 1 rings (SSSR count). The average Bonchev–Trinajstić information content (AvgIpc) is 2.37. The van der Waals surface area contributed by atoms with Gasteiger partial charge in [0.25, 0.3) is 0 Å². The molecule has 1 aromatic rings. The van der Waals surface area contributed by atoms with E-state index < -0.39 is 10.0 Å².